The van der Waals surface area contributed by atoms with Crippen LogP contribution >= 0.6 is 0 Å². The minimum absolute atomic E-state index is 0.540. The second-order valence-corrected chi connectivity index (χ2v) is 5.12. The normalized spacial score (nSPS) is 11.7. The quantitative estimate of drug-likeness (QED) is 0.480. The van der Waals surface area contributed by atoms with Gasteiger partial charge < -0.3 is 4.74 Å². The van der Waals surface area contributed by atoms with Gasteiger partial charge in [0.05, 0.1) is 6.61 Å². The minimum Gasteiger partial charge on any atom is -0.364 e. The third-order valence-electron chi connectivity index (χ3n) is 3.22. The first-order valence-electron chi connectivity index (χ1n) is 7.40. The molecule has 1 aromatic carbocycles. The van der Waals surface area contributed by atoms with Crippen LogP contribution in [0.15, 0.2) is 30.3 Å². The minimum atomic E-state index is 0.540. The van der Waals surface area contributed by atoms with E-state index < -0.39 is 0 Å². The van der Waals surface area contributed by atoms with E-state index in [0.717, 1.165) is 12.3 Å². The first-order chi connectivity index (χ1) is 9.33. The maximum Gasteiger partial charge on any atom is 0.108 e. The highest BCUT2D eigenvalue weighted by molar-refractivity contribution is 5.13. The SMILES string of the molecule is CCCCC(C)CCC#CCOCc1ccccc1. The molecule has 0 N–H and O–H groups in total. The fourth-order valence-electron chi connectivity index (χ4n) is 1.95. The summed E-state index contributed by atoms with van der Waals surface area (Å²) in [5.74, 6) is 7.10. The Morgan fingerprint density at radius 1 is 1.11 bits per heavy atom. The second kappa shape index (κ2) is 10.6. The molecular formula is C18H26O. The van der Waals surface area contributed by atoms with Crippen LogP contribution in [0.3, 0.4) is 0 Å². The molecule has 19 heavy (non-hydrogen) atoms. The van der Waals surface area contributed by atoms with Gasteiger partial charge in [-0.2, -0.15) is 0 Å². The van der Waals surface area contributed by atoms with E-state index in [1.807, 2.05) is 18.2 Å². The van der Waals surface area contributed by atoms with Crippen molar-refractivity contribution < 1.29 is 4.74 Å². The fraction of sp³-hybridized carbons (Fsp3) is 0.556. The average molecular weight is 258 g/mol. The average Bonchev–Trinajstić information content (AvgIpc) is 2.45. The van der Waals surface area contributed by atoms with Crippen LogP contribution in [-0.4, -0.2) is 6.61 Å². The Morgan fingerprint density at radius 3 is 2.63 bits per heavy atom. The van der Waals surface area contributed by atoms with Gasteiger partial charge in [-0.25, -0.2) is 0 Å². The molecule has 0 aromatic heterocycles. The smallest absolute Gasteiger partial charge is 0.108 e. The molecule has 0 heterocycles. The monoisotopic (exact) mass is 258 g/mol. The molecular weight excluding hydrogens is 232 g/mol. The van der Waals surface area contributed by atoms with Gasteiger partial charge in [-0.15, -0.1) is 5.92 Å². The molecule has 0 amide bonds. The molecule has 1 atom stereocenters. The van der Waals surface area contributed by atoms with Gasteiger partial charge in [-0.1, -0.05) is 69.4 Å². The molecule has 1 unspecified atom stereocenters. The van der Waals surface area contributed by atoms with Crippen LogP contribution in [-0.2, 0) is 11.3 Å². The summed E-state index contributed by atoms with van der Waals surface area (Å²) >= 11 is 0. The number of rotatable bonds is 8. The van der Waals surface area contributed by atoms with Gasteiger partial charge in [0.15, 0.2) is 0 Å². The topological polar surface area (TPSA) is 9.23 Å². The first-order valence-corrected chi connectivity index (χ1v) is 7.40. The lowest BCUT2D eigenvalue weighted by molar-refractivity contribution is 0.153. The van der Waals surface area contributed by atoms with Crippen molar-refractivity contribution in [2.75, 3.05) is 6.61 Å². The summed E-state index contributed by atoms with van der Waals surface area (Å²) in [6.07, 6.45) is 6.19. The van der Waals surface area contributed by atoms with Gasteiger partial charge in [0.25, 0.3) is 0 Å². The zero-order valence-electron chi connectivity index (χ0n) is 12.3. The molecule has 1 rings (SSSR count). The summed E-state index contributed by atoms with van der Waals surface area (Å²) < 4.78 is 5.52. The van der Waals surface area contributed by atoms with Gasteiger partial charge in [-0.3, -0.25) is 0 Å². The lowest BCUT2D eigenvalue weighted by atomic mass is 9.99. The molecule has 0 saturated heterocycles. The van der Waals surface area contributed by atoms with E-state index in [-0.39, 0.29) is 0 Å². The molecule has 0 bridgehead atoms. The van der Waals surface area contributed by atoms with Crippen molar-refractivity contribution >= 4 is 0 Å². The molecule has 0 saturated carbocycles. The third kappa shape index (κ3) is 8.46. The van der Waals surface area contributed by atoms with Gasteiger partial charge in [0, 0.05) is 6.42 Å². The molecule has 1 nitrogen and oxygen atoms in total. The van der Waals surface area contributed by atoms with Crippen molar-refractivity contribution in [3.05, 3.63) is 35.9 Å². The van der Waals surface area contributed by atoms with E-state index >= 15 is 0 Å². The number of hydrogen-bond donors (Lipinski definition) is 0. The summed E-state index contributed by atoms with van der Waals surface area (Å²) in [7, 11) is 0. The van der Waals surface area contributed by atoms with Crippen molar-refractivity contribution in [2.24, 2.45) is 5.92 Å². The Kier molecular flexibility index (Phi) is 8.85. The fourth-order valence-corrected chi connectivity index (χ4v) is 1.95. The maximum absolute atomic E-state index is 5.52. The van der Waals surface area contributed by atoms with Crippen LogP contribution in [0.5, 0.6) is 0 Å². The predicted octanol–water partition coefficient (Wildman–Crippen LogP) is 4.81. The third-order valence-corrected chi connectivity index (χ3v) is 3.22. The highest BCUT2D eigenvalue weighted by atomic mass is 16.5. The van der Waals surface area contributed by atoms with E-state index in [9.17, 15) is 0 Å². The molecule has 0 aliphatic rings. The largest absolute Gasteiger partial charge is 0.364 e. The molecule has 0 fully saturated rings. The Morgan fingerprint density at radius 2 is 1.89 bits per heavy atom. The van der Waals surface area contributed by atoms with Gasteiger partial charge in [0.1, 0.15) is 6.61 Å². The lowest BCUT2D eigenvalue weighted by Crippen LogP contribution is -1.94. The highest BCUT2D eigenvalue weighted by Crippen LogP contribution is 2.12. The van der Waals surface area contributed by atoms with Crippen LogP contribution in [0.1, 0.15) is 51.5 Å². The van der Waals surface area contributed by atoms with E-state index in [2.05, 4.69) is 37.8 Å². The number of unbranched alkanes of at least 4 members (excludes halogenated alkanes) is 1. The summed E-state index contributed by atoms with van der Waals surface area (Å²) in [6, 6.07) is 10.2. The summed E-state index contributed by atoms with van der Waals surface area (Å²) in [6.45, 7) is 5.76. The number of benzene rings is 1. The molecule has 0 spiro atoms. The van der Waals surface area contributed by atoms with Crippen LogP contribution in [0.4, 0.5) is 0 Å². The molecule has 1 aromatic rings. The van der Waals surface area contributed by atoms with Gasteiger partial charge in [-0.05, 0) is 17.9 Å². The van der Waals surface area contributed by atoms with Crippen LogP contribution < -0.4 is 0 Å². The molecule has 0 radical (unpaired) electrons. The zero-order valence-corrected chi connectivity index (χ0v) is 12.3. The second-order valence-electron chi connectivity index (χ2n) is 5.12. The summed E-state index contributed by atoms with van der Waals surface area (Å²) in [5.41, 5.74) is 1.21. The van der Waals surface area contributed by atoms with E-state index in [0.29, 0.717) is 13.2 Å². The molecule has 0 aliphatic heterocycles. The molecule has 104 valence electrons. The van der Waals surface area contributed by atoms with Gasteiger partial charge >= 0.3 is 0 Å². The predicted molar refractivity (Wildman–Crippen MR) is 81.8 cm³/mol. The van der Waals surface area contributed by atoms with Gasteiger partial charge in [0.2, 0.25) is 0 Å². The van der Waals surface area contributed by atoms with E-state index in [1.165, 1.54) is 31.2 Å². The van der Waals surface area contributed by atoms with Crippen molar-refractivity contribution in [1.82, 2.24) is 0 Å². The van der Waals surface area contributed by atoms with Crippen molar-refractivity contribution in [3.63, 3.8) is 0 Å². The first kappa shape index (κ1) is 15.8. The summed E-state index contributed by atoms with van der Waals surface area (Å²) in [5, 5.41) is 0. The number of hydrogen-bond acceptors (Lipinski definition) is 1. The Hall–Kier alpha value is -1.26. The molecule has 1 heteroatoms. The van der Waals surface area contributed by atoms with Crippen LogP contribution in [0.2, 0.25) is 0 Å². The Labute approximate surface area is 118 Å². The lowest BCUT2D eigenvalue weighted by Gasteiger charge is -2.07. The number of ether oxygens (including phenoxy) is 1. The van der Waals surface area contributed by atoms with Crippen molar-refractivity contribution in [3.8, 4) is 11.8 Å². The highest BCUT2D eigenvalue weighted by Gasteiger charge is 1.98. The van der Waals surface area contributed by atoms with Crippen LogP contribution in [0.25, 0.3) is 0 Å². The van der Waals surface area contributed by atoms with E-state index in [4.69, 9.17) is 4.74 Å². The summed E-state index contributed by atoms with van der Waals surface area (Å²) in [4.78, 5) is 0. The van der Waals surface area contributed by atoms with Crippen LogP contribution in [0, 0.1) is 17.8 Å². The Balaban J connectivity index is 2.02. The van der Waals surface area contributed by atoms with E-state index in [1.54, 1.807) is 0 Å². The molecule has 0 aliphatic carbocycles. The maximum atomic E-state index is 5.52. The zero-order chi connectivity index (χ0) is 13.8. The standard InChI is InChI=1S/C18H26O/c1-3-4-11-17(2)12-7-6-10-15-19-16-18-13-8-5-9-14-18/h5,8-9,13-14,17H,3-4,7,11-12,15-16H2,1-2H3. The van der Waals surface area contributed by atoms with Crippen molar-refractivity contribution in [1.29, 1.82) is 0 Å². The Bertz CT molecular complexity index is 372. The van der Waals surface area contributed by atoms with Crippen molar-refractivity contribution in [2.45, 2.75) is 52.6 Å².